The summed E-state index contributed by atoms with van der Waals surface area (Å²) < 4.78 is 2.19. The van der Waals surface area contributed by atoms with Crippen molar-refractivity contribution in [3.8, 4) is 11.1 Å². The molecule has 0 saturated carbocycles. The standard InChI is InChI=1S/C24H24BrN3O4/c1-26-24(32)27-11-9-15(10-12-27)14-28-21(23(30)31)20(16-5-3-2-4-6-16)19-13-17(25)7-8-18(19)22(28)29/h2-8,13,15H,9-12,14H2,1H3,(H,26,32)(H,30,31). The summed E-state index contributed by atoms with van der Waals surface area (Å²) in [7, 11) is 1.60. The number of nitrogens with zero attached hydrogens (tertiary/aromatic N) is 2. The van der Waals surface area contributed by atoms with Gasteiger partial charge in [-0.15, -0.1) is 0 Å². The van der Waals surface area contributed by atoms with E-state index in [2.05, 4.69) is 21.2 Å². The molecule has 0 bridgehead atoms. The summed E-state index contributed by atoms with van der Waals surface area (Å²) in [5.41, 5.74) is 0.979. The molecule has 0 radical (unpaired) electrons. The van der Waals surface area contributed by atoms with Crippen LogP contribution in [-0.4, -0.2) is 46.7 Å². The SMILES string of the molecule is CNC(=O)N1CCC(Cn2c(C(=O)O)c(-c3ccccc3)c3cc(Br)ccc3c2=O)CC1. The number of aromatic nitrogens is 1. The lowest BCUT2D eigenvalue weighted by Gasteiger charge is -2.32. The van der Waals surface area contributed by atoms with Gasteiger partial charge >= 0.3 is 12.0 Å². The second-order valence-corrected chi connectivity index (χ2v) is 8.90. The number of hydrogen-bond acceptors (Lipinski definition) is 3. The lowest BCUT2D eigenvalue weighted by atomic mass is 9.94. The summed E-state index contributed by atoms with van der Waals surface area (Å²) in [4.78, 5) is 39.6. The van der Waals surface area contributed by atoms with Crippen molar-refractivity contribution < 1.29 is 14.7 Å². The number of carbonyl (C=O) groups is 2. The van der Waals surface area contributed by atoms with Gasteiger partial charge < -0.3 is 19.9 Å². The monoisotopic (exact) mass is 497 g/mol. The van der Waals surface area contributed by atoms with E-state index >= 15 is 0 Å². The molecule has 1 aromatic heterocycles. The molecule has 166 valence electrons. The molecule has 0 spiro atoms. The maximum atomic E-state index is 13.5. The predicted molar refractivity (Wildman–Crippen MR) is 127 cm³/mol. The molecule has 0 aliphatic carbocycles. The van der Waals surface area contributed by atoms with Gasteiger partial charge in [-0.2, -0.15) is 0 Å². The first-order valence-corrected chi connectivity index (χ1v) is 11.3. The van der Waals surface area contributed by atoms with Crippen LogP contribution in [0.1, 0.15) is 23.3 Å². The number of benzene rings is 2. The second-order valence-electron chi connectivity index (χ2n) is 7.99. The fourth-order valence-electron chi connectivity index (χ4n) is 4.45. The number of piperidine rings is 1. The molecule has 4 rings (SSSR count). The van der Waals surface area contributed by atoms with Crippen molar-refractivity contribution in [2.45, 2.75) is 19.4 Å². The fourth-order valence-corrected chi connectivity index (χ4v) is 4.81. The van der Waals surface area contributed by atoms with Crippen LogP contribution in [0.4, 0.5) is 4.79 Å². The van der Waals surface area contributed by atoms with E-state index in [4.69, 9.17) is 0 Å². The summed E-state index contributed by atoms with van der Waals surface area (Å²) in [5, 5.41) is 13.9. The average molecular weight is 498 g/mol. The lowest BCUT2D eigenvalue weighted by Crippen LogP contribution is -2.44. The highest BCUT2D eigenvalue weighted by Crippen LogP contribution is 2.33. The van der Waals surface area contributed by atoms with Gasteiger partial charge in [0.15, 0.2) is 0 Å². The van der Waals surface area contributed by atoms with Crippen LogP contribution in [0.5, 0.6) is 0 Å². The zero-order valence-electron chi connectivity index (χ0n) is 17.7. The third kappa shape index (κ3) is 4.14. The highest BCUT2D eigenvalue weighted by molar-refractivity contribution is 9.10. The van der Waals surface area contributed by atoms with E-state index < -0.39 is 5.97 Å². The van der Waals surface area contributed by atoms with E-state index in [-0.39, 0.29) is 23.2 Å². The largest absolute Gasteiger partial charge is 0.477 e. The molecule has 0 atom stereocenters. The van der Waals surface area contributed by atoms with E-state index in [0.29, 0.717) is 48.8 Å². The second kappa shape index (κ2) is 9.16. The number of aromatic carboxylic acids is 1. The number of carbonyl (C=O) groups excluding carboxylic acids is 1. The highest BCUT2D eigenvalue weighted by Gasteiger charge is 2.27. The maximum absolute atomic E-state index is 13.5. The van der Waals surface area contributed by atoms with Gasteiger partial charge in [-0.3, -0.25) is 4.79 Å². The summed E-state index contributed by atoms with van der Waals surface area (Å²) in [6.45, 7) is 1.45. The van der Waals surface area contributed by atoms with Gasteiger partial charge in [0.2, 0.25) is 0 Å². The van der Waals surface area contributed by atoms with Crippen molar-refractivity contribution >= 4 is 38.7 Å². The molecule has 0 unspecified atom stereocenters. The highest BCUT2D eigenvalue weighted by atomic mass is 79.9. The van der Waals surface area contributed by atoms with Gasteiger partial charge in [0.05, 0.1) is 0 Å². The Morgan fingerprint density at radius 1 is 1.09 bits per heavy atom. The lowest BCUT2D eigenvalue weighted by molar-refractivity contribution is 0.0682. The van der Waals surface area contributed by atoms with E-state index in [1.165, 1.54) is 4.57 Å². The molecule has 7 nitrogen and oxygen atoms in total. The molecule has 32 heavy (non-hydrogen) atoms. The van der Waals surface area contributed by atoms with Gasteiger partial charge in [0, 0.05) is 42.1 Å². The third-order valence-electron chi connectivity index (χ3n) is 6.05. The van der Waals surface area contributed by atoms with Gasteiger partial charge in [0.1, 0.15) is 5.69 Å². The molecular weight excluding hydrogens is 474 g/mol. The maximum Gasteiger partial charge on any atom is 0.353 e. The number of pyridine rings is 1. The van der Waals surface area contributed by atoms with Crippen molar-refractivity contribution in [1.29, 1.82) is 0 Å². The summed E-state index contributed by atoms with van der Waals surface area (Å²) in [6.07, 6.45) is 1.41. The Hall–Kier alpha value is -3.13. The van der Waals surface area contributed by atoms with E-state index in [1.54, 1.807) is 30.1 Å². The quantitative estimate of drug-likeness (QED) is 0.565. The van der Waals surface area contributed by atoms with Crippen LogP contribution in [0.15, 0.2) is 57.8 Å². The van der Waals surface area contributed by atoms with Gasteiger partial charge in [-0.25, -0.2) is 9.59 Å². The summed E-state index contributed by atoms with van der Waals surface area (Å²) in [6, 6.07) is 14.5. The van der Waals surface area contributed by atoms with Crippen molar-refractivity contribution in [2.24, 2.45) is 5.92 Å². The van der Waals surface area contributed by atoms with Gasteiger partial charge in [0.25, 0.3) is 5.56 Å². The molecule has 2 heterocycles. The molecule has 1 aliphatic heterocycles. The average Bonchev–Trinajstić information content (AvgIpc) is 2.80. The number of fused-ring (bicyclic) bond motifs is 1. The first kappa shape index (κ1) is 22.1. The van der Waals surface area contributed by atoms with E-state index in [0.717, 1.165) is 10.0 Å². The number of carboxylic acid groups (broad SMARTS) is 1. The Morgan fingerprint density at radius 2 is 1.78 bits per heavy atom. The van der Waals surface area contributed by atoms with Gasteiger partial charge in [-0.1, -0.05) is 46.3 Å². The molecule has 1 fully saturated rings. The number of amides is 2. The minimum Gasteiger partial charge on any atom is -0.477 e. The zero-order valence-corrected chi connectivity index (χ0v) is 19.3. The van der Waals surface area contributed by atoms with Crippen LogP contribution in [0.3, 0.4) is 0 Å². The smallest absolute Gasteiger partial charge is 0.353 e. The Labute approximate surface area is 193 Å². The number of urea groups is 1. The van der Waals surface area contributed by atoms with Crippen LogP contribution < -0.4 is 10.9 Å². The van der Waals surface area contributed by atoms with Crippen LogP contribution in [0.25, 0.3) is 21.9 Å². The Kier molecular flexibility index (Phi) is 6.32. The van der Waals surface area contributed by atoms with Gasteiger partial charge in [-0.05, 0) is 47.9 Å². The Balaban J connectivity index is 1.84. The molecular formula is C24H24BrN3O4. The molecule has 1 aliphatic rings. The minimum absolute atomic E-state index is 0.000492. The Morgan fingerprint density at radius 3 is 2.41 bits per heavy atom. The van der Waals surface area contributed by atoms with E-state index in [1.807, 2.05) is 30.3 Å². The third-order valence-corrected chi connectivity index (χ3v) is 6.55. The number of likely N-dealkylation sites (tertiary alicyclic amines) is 1. The van der Waals surface area contributed by atoms with Crippen LogP contribution in [0, 0.1) is 5.92 Å². The number of rotatable bonds is 4. The van der Waals surface area contributed by atoms with Crippen molar-refractivity contribution in [3.05, 3.63) is 69.1 Å². The number of halogens is 1. The molecule has 3 aromatic rings. The van der Waals surface area contributed by atoms with Crippen LogP contribution in [0.2, 0.25) is 0 Å². The van der Waals surface area contributed by atoms with E-state index in [9.17, 15) is 19.5 Å². The first-order chi connectivity index (χ1) is 15.4. The molecule has 1 saturated heterocycles. The van der Waals surface area contributed by atoms with Crippen molar-refractivity contribution in [2.75, 3.05) is 20.1 Å². The minimum atomic E-state index is -1.13. The topological polar surface area (TPSA) is 91.6 Å². The normalized spacial score (nSPS) is 14.5. The zero-order chi connectivity index (χ0) is 22.8. The number of hydrogen-bond donors (Lipinski definition) is 2. The molecule has 2 aromatic carbocycles. The number of nitrogens with one attached hydrogen (secondary N) is 1. The Bertz CT molecular complexity index is 1230. The van der Waals surface area contributed by atoms with Crippen molar-refractivity contribution in [1.82, 2.24) is 14.8 Å². The van der Waals surface area contributed by atoms with Crippen LogP contribution in [-0.2, 0) is 6.54 Å². The predicted octanol–water partition coefficient (Wildman–Crippen LogP) is 4.18. The number of carboxylic acids is 1. The van der Waals surface area contributed by atoms with Crippen LogP contribution >= 0.6 is 15.9 Å². The molecule has 8 heteroatoms. The molecule has 2 N–H and O–H groups in total. The fraction of sp³-hybridized carbons (Fsp3) is 0.292. The first-order valence-electron chi connectivity index (χ1n) is 10.5. The summed E-state index contributed by atoms with van der Waals surface area (Å²) >= 11 is 3.45. The molecule has 2 amide bonds. The van der Waals surface area contributed by atoms with Crippen molar-refractivity contribution in [3.63, 3.8) is 0 Å². The summed E-state index contributed by atoms with van der Waals surface area (Å²) in [5.74, 6) is -1.03.